The first-order valence-electron chi connectivity index (χ1n) is 9.80. The number of hydrogen-bond donors (Lipinski definition) is 3. The van der Waals surface area contributed by atoms with Crippen LogP contribution in [-0.2, 0) is 11.2 Å². The van der Waals surface area contributed by atoms with Gasteiger partial charge < -0.3 is 20.5 Å². The Morgan fingerprint density at radius 1 is 0.935 bits per heavy atom. The number of aliphatic carboxylic acids is 1. The van der Waals surface area contributed by atoms with Gasteiger partial charge in [0.25, 0.3) is 0 Å². The number of hydrogen-bond acceptors (Lipinski definition) is 3. The minimum Gasteiger partial charge on any atom is -0.497 e. The zero-order chi connectivity index (χ0) is 22.1. The summed E-state index contributed by atoms with van der Waals surface area (Å²) in [6.45, 7) is 0. The fourth-order valence-corrected chi connectivity index (χ4v) is 3.09. The summed E-state index contributed by atoms with van der Waals surface area (Å²) in [5, 5.41) is 14.6. The van der Waals surface area contributed by atoms with Crippen LogP contribution in [0.4, 0.5) is 10.5 Å². The summed E-state index contributed by atoms with van der Waals surface area (Å²) in [5.41, 5.74) is 3.72. The van der Waals surface area contributed by atoms with E-state index in [1.807, 2.05) is 78.9 Å². The Morgan fingerprint density at radius 2 is 1.58 bits per heavy atom. The van der Waals surface area contributed by atoms with E-state index in [4.69, 9.17) is 9.84 Å². The lowest BCUT2D eigenvalue weighted by Gasteiger charge is -2.16. The predicted molar refractivity (Wildman–Crippen MR) is 121 cm³/mol. The topological polar surface area (TPSA) is 87.7 Å². The van der Waals surface area contributed by atoms with Crippen molar-refractivity contribution in [3.8, 4) is 16.9 Å². The second-order valence-electron chi connectivity index (χ2n) is 6.90. The molecule has 6 heteroatoms. The molecule has 0 aliphatic rings. The molecule has 0 bridgehead atoms. The van der Waals surface area contributed by atoms with E-state index in [2.05, 4.69) is 10.6 Å². The number of amides is 2. The van der Waals surface area contributed by atoms with E-state index in [9.17, 15) is 9.59 Å². The average Bonchev–Trinajstić information content (AvgIpc) is 2.79. The molecule has 31 heavy (non-hydrogen) atoms. The quantitative estimate of drug-likeness (QED) is 0.463. The van der Waals surface area contributed by atoms with Gasteiger partial charge in [-0.05, 0) is 47.4 Å². The molecule has 0 saturated carbocycles. The Labute approximate surface area is 181 Å². The summed E-state index contributed by atoms with van der Waals surface area (Å²) in [5.74, 6) is -0.343. The van der Waals surface area contributed by atoms with Crippen molar-refractivity contribution in [2.75, 3.05) is 12.4 Å². The minimum atomic E-state index is -1.07. The molecule has 158 valence electrons. The number of urea groups is 1. The lowest BCUT2D eigenvalue weighted by Crippen LogP contribution is -2.38. The van der Waals surface area contributed by atoms with Gasteiger partial charge in [0.05, 0.1) is 13.2 Å². The highest BCUT2D eigenvalue weighted by Crippen LogP contribution is 2.21. The lowest BCUT2D eigenvalue weighted by molar-refractivity contribution is -0.131. The second kappa shape index (κ2) is 10.6. The van der Waals surface area contributed by atoms with Gasteiger partial charge in [-0.25, -0.2) is 9.59 Å². The highest BCUT2D eigenvalue weighted by molar-refractivity contribution is 5.90. The highest BCUT2D eigenvalue weighted by atomic mass is 16.5. The summed E-state index contributed by atoms with van der Waals surface area (Å²) in [6, 6.07) is 24.0. The van der Waals surface area contributed by atoms with Crippen molar-refractivity contribution in [2.45, 2.75) is 12.5 Å². The normalized spacial score (nSPS) is 11.6. The molecule has 0 aliphatic heterocycles. The molecule has 6 nitrogen and oxygen atoms in total. The number of rotatable bonds is 8. The van der Waals surface area contributed by atoms with Gasteiger partial charge in [0.15, 0.2) is 0 Å². The summed E-state index contributed by atoms with van der Waals surface area (Å²) >= 11 is 0. The van der Waals surface area contributed by atoms with E-state index in [0.717, 1.165) is 28.5 Å². The van der Waals surface area contributed by atoms with Crippen LogP contribution < -0.4 is 15.4 Å². The number of carbonyl (C=O) groups excluding carboxylic acids is 1. The third kappa shape index (κ3) is 6.75. The third-order valence-corrected chi connectivity index (χ3v) is 4.65. The van der Waals surface area contributed by atoms with Crippen molar-refractivity contribution >= 4 is 17.7 Å². The first-order chi connectivity index (χ1) is 15.0. The molecule has 0 radical (unpaired) electrons. The summed E-state index contributed by atoms with van der Waals surface area (Å²) in [7, 11) is 1.59. The van der Waals surface area contributed by atoms with Crippen LogP contribution in [0.25, 0.3) is 11.1 Å². The maximum absolute atomic E-state index is 12.5. The zero-order valence-corrected chi connectivity index (χ0v) is 17.1. The van der Waals surface area contributed by atoms with Crippen molar-refractivity contribution in [3.05, 3.63) is 96.6 Å². The molecule has 0 saturated heterocycles. The number of methoxy groups -OCH3 is 1. The first-order valence-corrected chi connectivity index (χ1v) is 9.80. The molecule has 2 amide bonds. The van der Waals surface area contributed by atoms with Crippen LogP contribution in [-0.4, -0.2) is 30.3 Å². The molecule has 3 N–H and O–H groups in total. The van der Waals surface area contributed by atoms with Crippen LogP contribution >= 0.6 is 0 Å². The van der Waals surface area contributed by atoms with Crippen molar-refractivity contribution in [2.24, 2.45) is 0 Å². The molecule has 0 aliphatic carbocycles. The fourth-order valence-electron chi connectivity index (χ4n) is 3.09. The van der Waals surface area contributed by atoms with Crippen molar-refractivity contribution in [1.82, 2.24) is 5.32 Å². The Morgan fingerprint density at radius 3 is 2.19 bits per heavy atom. The Kier molecular flexibility index (Phi) is 7.43. The molecular weight excluding hydrogens is 392 g/mol. The predicted octanol–water partition coefficient (Wildman–Crippen LogP) is 4.74. The SMILES string of the molecule is COc1ccc(C[C@@H](C=CC(=O)O)NC(=O)Nc2ccc(-c3ccccc3)cc2)cc1. The van der Waals surface area contributed by atoms with Gasteiger partial charge in [0.1, 0.15) is 5.75 Å². The van der Waals surface area contributed by atoms with Crippen LogP contribution in [0, 0.1) is 0 Å². The van der Waals surface area contributed by atoms with Crippen LogP contribution in [0.3, 0.4) is 0 Å². The summed E-state index contributed by atoms with van der Waals surface area (Å²) < 4.78 is 5.15. The van der Waals surface area contributed by atoms with Crippen LogP contribution in [0.5, 0.6) is 5.75 Å². The van der Waals surface area contributed by atoms with Crippen LogP contribution in [0.15, 0.2) is 91.0 Å². The second-order valence-corrected chi connectivity index (χ2v) is 6.90. The molecule has 0 spiro atoms. The maximum atomic E-state index is 12.5. The smallest absolute Gasteiger partial charge is 0.328 e. The number of ether oxygens (including phenoxy) is 1. The van der Waals surface area contributed by atoms with E-state index < -0.39 is 18.0 Å². The molecule has 0 aromatic heterocycles. The molecule has 1 atom stereocenters. The lowest BCUT2D eigenvalue weighted by atomic mass is 10.1. The van der Waals surface area contributed by atoms with E-state index in [-0.39, 0.29) is 0 Å². The molecule has 0 fully saturated rings. The van der Waals surface area contributed by atoms with E-state index >= 15 is 0 Å². The summed E-state index contributed by atoms with van der Waals surface area (Å²) in [4.78, 5) is 23.4. The Hall–Kier alpha value is -4.06. The Bertz CT molecular complexity index is 1030. The van der Waals surface area contributed by atoms with Gasteiger partial charge >= 0.3 is 12.0 Å². The highest BCUT2D eigenvalue weighted by Gasteiger charge is 2.12. The first kappa shape index (κ1) is 21.6. The Balaban J connectivity index is 1.64. The molecule has 0 unspecified atom stereocenters. The number of carboxylic acids is 1. The molecule has 3 aromatic carbocycles. The number of anilines is 1. The zero-order valence-electron chi connectivity index (χ0n) is 17.1. The van der Waals surface area contributed by atoms with Gasteiger partial charge in [0.2, 0.25) is 0 Å². The molecule has 3 aromatic rings. The van der Waals surface area contributed by atoms with Crippen LogP contribution in [0.1, 0.15) is 5.56 Å². The third-order valence-electron chi connectivity index (χ3n) is 4.65. The summed E-state index contributed by atoms with van der Waals surface area (Å²) in [6.07, 6.45) is 2.93. The number of nitrogens with one attached hydrogen (secondary N) is 2. The fraction of sp³-hybridized carbons (Fsp3) is 0.120. The largest absolute Gasteiger partial charge is 0.497 e. The number of carbonyl (C=O) groups is 2. The number of benzene rings is 3. The van der Waals surface area contributed by atoms with Crippen molar-refractivity contribution < 1.29 is 19.4 Å². The van der Waals surface area contributed by atoms with Gasteiger partial charge in [-0.3, -0.25) is 0 Å². The molecule has 0 heterocycles. The molecule has 3 rings (SSSR count). The van der Waals surface area contributed by atoms with Crippen molar-refractivity contribution in [1.29, 1.82) is 0 Å². The van der Waals surface area contributed by atoms with Gasteiger partial charge in [-0.2, -0.15) is 0 Å². The van der Waals surface area contributed by atoms with Gasteiger partial charge in [-0.15, -0.1) is 0 Å². The monoisotopic (exact) mass is 416 g/mol. The maximum Gasteiger partial charge on any atom is 0.328 e. The standard InChI is InChI=1S/C25H24N2O4/c1-31-23-14-7-18(8-15-23)17-22(13-16-24(28)29)27-25(30)26-21-11-9-20(10-12-21)19-5-3-2-4-6-19/h2-16,22H,17H2,1H3,(H,28,29)(H2,26,27,30)/t22-/m1/s1. The van der Waals surface area contributed by atoms with E-state index in [1.165, 1.54) is 6.08 Å². The van der Waals surface area contributed by atoms with Gasteiger partial charge in [-0.1, -0.05) is 60.7 Å². The number of carboxylic acid groups (broad SMARTS) is 1. The minimum absolute atomic E-state index is 0.416. The van der Waals surface area contributed by atoms with E-state index in [1.54, 1.807) is 7.11 Å². The van der Waals surface area contributed by atoms with Crippen LogP contribution in [0.2, 0.25) is 0 Å². The van der Waals surface area contributed by atoms with Gasteiger partial charge in [0, 0.05) is 11.8 Å². The van der Waals surface area contributed by atoms with Crippen molar-refractivity contribution in [3.63, 3.8) is 0 Å². The average molecular weight is 416 g/mol. The van der Waals surface area contributed by atoms with E-state index in [0.29, 0.717) is 12.1 Å². The molecular formula is C25H24N2O4.